The van der Waals surface area contributed by atoms with Gasteiger partial charge in [0.25, 0.3) is 0 Å². The van der Waals surface area contributed by atoms with E-state index in [1.165, 1.54) is 24.0 Å². The van der Waals surface area contributed by atoms with Crippen LogP contribution in [0, 0.1) is 12.8 Å². The lowest BCUT2D eigenvalue weighted by molar-refractivity contribution is -0.0148. The van der Waals surface area contributed by atoms with Gasteiger partial charge >= 0.3 is 0 Å². The molecule has 118 valence electrons. The van der Waals surface area contributed by atoms with E-state index < -0.39 is 0 Å². The molecule has 1 heterocycles. The monoisotopic (exact) mass is 304 g/mol. The Labute approximate surface area is 139 Å². The molecule has 0 amide bonds. The third-order valence-electron chi connectivity index (χ3n) is 5.40. The largest absolute Gasteiger partial charge is 0.374 e. The molecule has 2 aromatic carbocycles. The van der Waals surface area contributed by atoms with Gasteiger partial charge in [-0.15, -0.1) is 0 Å². The minimum Gasteiger partial charge on any atom is -0.374 e. The molecule has 3 atom stereocenters. The van der Waals surface area contributed by atoms with Crippen LogP contribution in [-0.4, -0.2) is 12.7 Å². The summed E-state index contributed by atoms with van der Waals surface area (Å²) in [5, 5.41) is 0. The van der Waals surface area contributed by atoms with Gasteiger partial charge in [0.1, 0.15) is 0 Å². The van der Waals surface area contributed by atoms with Crippen LogP contribution in [0.2, 0.25) is 0 Å². The maximum atomic E-state index is 6.13. The molecule has 0 aromatic heterocycles. The zero-order valence-corrected chi connectivity index (χ0v) is 13.7. The molecular weight excluding hydrogens is 280 g/mol. The Morgan fingerprint density at radius 2 is 1.91 bits per heavy atom. The van der Waals surface area contributed by atoms with E-state index in [1.807, 2.05) is 0 Å². The van der Waals surface area contributed by atoms with Gasteiger partial charge in [0.2, 0.25) is 0 Å². The summed E-state index contributed by atoms with van der Waals surface area (Å²) in [7, 11) is 0. The number of fused-ring (bicyclic) bond motifs is 3. The summed E-state index contributed by atoms with van der Waals surface area (Å²) in [4.78, 5) is 0. The minimum atomic E-state index is 0.252. The second-order valence-corrected chi connectivity index (χ2v) is 6.91. The lowest BCUT2D eigenvalue weighted by atomic mass is 9.70. The molecule has 1 aliphatic heterocycles. The van der Waals surface area contributed by atoms with Crippen LogP contribution in [0.4, 0.5) is 0 Å². The van der Waals surface area contributed by atoms with E-state index in [4.69, 9.17) is 4.74 Å². The fourth-order valence-electron chi connectivity index (χ4n) is 4.23. The van der Waals surface area contributed by atoms with Crippen LogP contribution in [0.1, 0.15) is 41.0 Å². The van der Waals surface area contributed by atoms with Gasteiger partial charge in [-0.3, -0.25) is 0 Å². The normalized spacial score (nSPS) is 26.7. The van der Waals surface area contributed by atoms with E-state index in [2.05, 4.69) is 67.6 Å². The molecule has 4 rings (SSSR count). The molecule has 0 radical (unpaired) electrons. The predicted molar refractivity (Wildman–Crippen MR) is 95.6 cm³/mol. The molecule has 0 N–H and O–H groups in total. The Morgan fingerprint density at radius 1 is 1.04 bits per heavy atom. The topological polar surface area (TPSA) is 9.23 Å². The predicted octanol–water partition coefficient (Wildman–Crippen LogP) is 5.14. The standard InChI is InChI=1S/C22H24O/c1-16-7-9-18-10-11-20-19(21(18)15-16)13-14-23-22(20)12-8-17-5-3-2-4-6-17/h2-9,12,15,19-20,22H,10-11,13-14H2,1H3/b12-8+/t19-,20+,22-/m1/s1. The van der Waals surface area contributed by atoms with Crippen LogP contribution < -0.4 is 0 Å². The number of aryl methyl sites for hydroxylation is 2. The van der Waals surface area contributed by atoms with Crippen LogP contribution in [0.25, 0.3) is 6.08 Å². The molecule has 1 saturated heterocycles. The molecule has 2 aromatic rings. The first-order valence-electron chi connectivity index (χ1n) is 8.75. The van der Waals surface area contributed by atoms with Crippen molar-refractivity contribution in [1.82, 2.24) is 0 Å². The maximum absolute atomic E-state index is 6.13. The van der Waals surface area contributed by atoms with Crippen molar-refractivity contribution in [2.75, 3.05) is 6.61 Å². The smallest absolute Gasteiger partial charge is 0.0793 e. The second kappa shape index (κ2) is 6.33. The van der Waals surface area contributed by atoms with Gasteiger partial charge in [0.05, 0.1) is 6.10 Å². The Hall–Kier alpha value is -1.86. The lowest BCUT2D eigenvalue weighted by Crippen LogP contribution is -2.37. The van der Waals surface area contributed by atoms with Crippen molar-refractivity contribution < 1.29 is 4.74 Å². The van der Waals surface area contributed by atoms with E-state index in [1.54, 1.807) is 11.1 Å². The maximum Gasteiger partial charge on any atom is 0.0793 e. The number of benzene rings is 2. The molecule has 0 saturated carbocycles. The first kappa shape index (κ1) is 14.7. The Bertz CT molecular complexity index is 701. The Morgan fingerprint density at radius 3 is 2.78 bits per heavy atom. The highest BCUT2D eigenvalue weighted by molar-refractivity contribution is 5.49. The van der Waals surface area contributed by atoms with Crippen molar-refractivity contribution in [3.63, 3.8) is 0 Å². The molecule has 0 bridgehead atoms. The van der Waals surface area contributed by atoms with Crippen LogP contribution in [0.15, 0.2) is 54.6 Å². The molecule has 1 fully saturated rings. The van der Waals surface area contributed by atoms with Crippen molar-refractivity contribution in [2.45, 2.75) is 38.2 Å². The van der Waals surface area contributed by atoms with Crippen molar-refractivity contribution in [3.05, 3.63) is 76.9 Å². The molecule has 1 aliphatic carbocycles. The SMILES string of the molecule is Cc1ccc2c(c1)[C@@H]1CCO[C@H](/C=C/c3ccccc3)[C@H]1CC2. The number of ether oxygens (including phenoxy) is 1. The third-order valence-corrected chi connectivity index (χ3v) is 5.40. The second-order valence-electron chi connectivity index (χ2n) is 6.91. The molecule has 1 heteroatoms. The molecular formula is C22H24O. The number of hydrogen-bond acceptors (Lipinski definition) is 1. The zero-order valence-electron chi connectivity index (χ0n) is 13.7. The van der Waals surface area contributed by atoms with Crippen molar-refractivity contribution in [2.24, 2.45) is 5.92 Å². The first-order chi connectivity index (χ1) is 11.3. The van der Waals surface area contributed by atoms with E-state index in [0.29, 0.717) is 11.8 Å². The van der Waals surface area contributed by atoms with Gasteiger partial charge in [-0.05, 0) is 54.7 Å². The quantitative estimate of drug-likeness (QED) is 0.746. The summed E-state index contributed by atoms with van der Waals surface area (Å²) in [6.07, 6.45) is 8.35. The van der Waals surface area contributed by atoms with Gasteiger partial charge < -0.3 is 4.74 Å². The van der Waals surface area contributed by atoms with Gasteiger partial charge in [0, 0.05) is 6.61 Å². The summed E-state index contributed by atoms with van der Waals surface area (Å²) in [6, 6.07) is 17.5. The third kappa shape index (κ3) is 2.98. The summed E-state index contributed by atoms with van der Waals surface area (Å²) in [6.45, 7) is 3.08. The highest BCUT2D eigenvalue weighted by atomic mass is 16.5. The molecule has 1 nitrogen and oxygen atoms in total. The summed E-state index contributed by atoms with van der Waals surface area (Å²) in [5.41, 5.74) is 5.78. The van der Waals surface area contributed by atoms with Crippen molar-refractivity contribution in [3.8, 4) is 0 Å². The minimum absolute atomic E-state index is 0.252. The van der Waals surface area contributed by atoms with E-state index in [9.17, 15) is 0 Å². The van der Waals surface area contributed by atoms with Crippen LogP contribution in [0.3, 0.4) is 0 Å². The fourth-order valence-corrected chi connectivity index (χ4v) is 4.23. The van der Waals surface area contributed by atoms with Gasteiger partial charge in [-0.25, -0.2) is 0 Å². The molecule has 23 heavy (non-hydrogen) atoms. The van der Waals surface area contributed by atoms with E-state index in [0.717, 1.165) is 13.0 Å². The fraction of sp³-hybridized carbons (Fsp3) is 0.364. The molecule has 0 unspecified atom stereocenters. The van der Waals surface area contributed by atoms with E-state index >= 15 is 0 Å². The first-order valence-corrected chi connectivity index (χ1v) is 8.75. The van der Waals surface area contributed by atoms with Gasteiger partial charge in [0.15, 0.2) is 0 Å². The molecule has 0 spiro atoms. The van der Waals surface area contributed by atoms with E-state index in [-0.39, 0.29) is 6.10 Å². The summed E-state index contributed by atoms with van der Waals surface area (Å²) < 4.78 is 6.13. The zero-order chi connectivity index (χ0) is 15.6. The van der Waals surface area contributed by atoms with Crippen molar-refractivity contribution >= 4 is 6.08 Å². The number of rotatable bonds is 2. The summed E-state index contributed by atoms with van der Waals surface area (Å²) >= 11 is 0. The average molecular weight is 304 g/mol. The lowest BCUT2D eigenvalue weighted by Gasteiger charge is -2.41. The van der Waals surface area contributed by atoms with Gasteiger partial charge in [-0.2, -0.15) is 0 Å². The van der Waals surface area contributed by atoms with Crippen LogP contribution in [0.5, 0.6) is 0 Å². The van der Waals surface area contributed by atoms with Crippen LogP contribution in [-0.2, 0) is 11.2 Å². The molecule has 2 aliphatic rings. The highest BCUT2D eigenvalue weighted by Crippen LogP contribution is 2.44. The summed E-state index contributed by atoms with van der Waals surface area (Å²) in [5.74, 6) is 1.29. The Balaban J connectivity index is 1.59. The van der Waals surface area contributed by atoms with Crippen molar-refractivity contribution in [1.29, 1.82) is 0 Å². The average Bonchev–Trinajstić information content (AvgIpc) is 2.60. The highest BCUT2D eigenvalue weighted by Gasteiger charge is 2.37. The van der Waals surface area contributed by atoms with Crippen LogP contribution >= 0.6 is 0 Å². The van der Waals surface area contributed by atoms with Gasteiger partial charge in [-0.1, -0.05) is 66.2 Å². The number of hydrogen-bond donors (Lipinski definition) is 0. The Kier molecular flexibility index (Phi) is 4.05.